The summed E-state index contributed by atoms with van der Waals surface area (Å²) in [6, 6.07) is 0. The van der Waals surface area contributed by atoms with Crippen LogP contribution in [0.4, 0.5) is 8.78 Å². The topological polar surface area (TPSA) is 0 Å². The summed E-state index contributed by atoms with van der Waals surface area (Å²) in [6.45, 7) is 4.30. The number of halogens is 3. The zero-order valence-corrected chi connectivity index (χ0v) is 9.83. The molecule has 0 spiro atoms. The predicted octanol–water partition coefficient (Wildman–Crippen LogP) is 4.23. The van der Waals surface area contributed by atoms with Gasteiger partial charge in [-0.1, -0.05) is 29.8 Å². The quantitative estimate of drug-likeness (QED) is 0.647. The Morgan fingerprint density at radius 3 is 2.15 bits per heavy atom. The summed E-state index contributed by atoms with van der Waals surface area (Å²) in [4.78, 5) is 0. The molecule has 0 nitrogen and oxygen atoms in total. The Labute approximate surface area is 87.2 Å². The first-order valence-electron chi connectivity index (χ1n) is 4.81. The highest BCUT2D eigenvalue weighted by Crippen LogP contribution is 2.44. The Bertz CT molecular complexity index is 168. The van der Waals surface area contributed by atoms with Crippen molar-refractivity contribution in [2.75, 3.05) is 5.33 Å². The van der Waals surface area contributed by atoms with Crippen LogP contribution in [0.5, 0.6) is 0 Å². The molecule has 0 radical (unpaired) electrons. The molecule has 1 rings (SSSR count). The van der Waals surface area contributed by atoms with E-state index in [0.717, 1.165) is 5.33 Å². The smallest absolute Gasteiger partial charge is 0.207 e. The van der Waals surface area contributed by atoms with E-state index in [-0.39, 0.29) is 18.3 Å². The second-order valence-corrected chi connectivity index (χ2v) is 5.31. The zero-order chi connectivity index (χ0) is 10.1. The van der Waals surface area contributed by atoms with E-state index in [1.807, 2.05) is 0 Å². The number of rotatable bonds is 2. The molecule has 0 aromatic rings. The maximum absolute atomic E-state index is 12.9. The van der Waals surface area contributed by atoms with Crippen LogP contribution in [0, 0.1) is 11.3 Å². The zero-order valence-electron chi connectivity index (χ0n) is 8.25. The fraction of sp³-hybridized carbons (Fsp3) is 1.00. The molecule has 0 aliphatic heterocycles. The second-order valence-electron chi connectivity index (χ2n) is 4.75. The van der Waals surface area contributed by atoms with E-state index in [2.05, 4.69) is 29.8 Å². The molecule has 0 aromatic carbocycles. The van der Waals surface area contributed by atoms with Crippen LogP contribution in [0.15, 0.2) is 0 Å². The van der Waals surface area contributed by atoms with Gasteiger partial charge in [-0.2, -0.15) is 0 Å². The molecule has 0 atom stereocenters. The molecule has 78 valence electrons. The molecule has 0 heterocycles. The van der Waals surface area contributed by atoms with Gasteiger partial charge in [-0.15, -0.1) is 0 Å². The molecule has 0 bridgehead atoms. The van der Waals surface area contributed by atoms with Crippen molar-refractivity contribution in [2.45, 2.75) is 45.5 Å². The van der Waals surface area contributed by atoms with Gasteiger partial charge < -0.3 is 0 Å². The largest absolute Gasteiger partial charge is 0.248 e. The molecular weight excluding hydrogens is 238 g/mol. The summed E-state index contributed by atoms with van der Waals surface area (Å²) < 4.78 is 25.7. The summed E-state index contributed by atoms with van der Waals surface area (Å²) in [7, 11) is 0. The van der Waals surface area contributed by atoms with Crippen molar-refractivity contribution >= 4 is 15.9 Å². The van der Waals surface area contributed by atoms with Crippen LogP contribution in [0.25, 0.3) is 0 Å². The van der Waals surface area contributed by atoms with E-state index in [9.17, 15) is 8.78 Å². The van der Waals surface area contributed by atoms with Gasteiger partial charge >= 0.3 is 0 Å². The summed E-state index contributed by atoms with van der Waals surface area (Å²) in [5, 5.41) is 0.899. The lowest BCUT2D eigenvalue weighted by Crippen LogP contribution is -2.33. The molecule has 3 heteroatoms. The highest BCUT2D eigenvalue weighted by molar-refractivity contribution is 9.09. The molecule has 0 saturated heterocycles. The monoisotopic (exact) mass is 254 g/mol. The summed E-state index contributed by atoms with van der Waals surface area (Å²) in [5.41, 5.74) is 0.163. The number of alkyl halides is 3. The number of hydrogen-bond acceptors (Lipinski definition) is 0. The third-order valence-corrected chi connectivity index (χ3v) is 4.61. The third kappa shape index (κ3) is 2.90. The SMILES string of the molecule is CC(C)(CBr)C1CCC(F)(F)CC1. The van der Waals surface area contributed by atoms with Crippen molar-refractivity contribution in [3.8, 4) is 0 Å². The Balaban J connectivity index is 2.50. The normalized spacial score (nSPS) is 24.7. The standard InChI is InChI=1S/C10H17BrF2/c1-9(2,7-11)8-3-5-10(12,13)6-4-8/h8H,3-7H2,1-2H3. The highest BCUT2D eigenvalue weighted by Gasteiger charge is 2.39. The molecule has 1 aliphatic rings. The van der Waals surface area contributed by atoms with Gasteiger partial charge in [0.25, 0.3) is 0 Å². The summed E-state index contributed by atoms with van der Waals surface area (Å²) in [6.07, 6.45) is 1.50. The van der Waals surface area contributed by atoms with Crippen molar-refractivity contribution in [2.24, 2.45) is 11.3 Å². The van der Waals surface area contributed by atoms with Crippen molar-refractivity contribution in [1.82, 2.24) is 0 Å². The third-order valence-electron chi connectivity index (χ3n) is 3.17. The predicted molar refractivity (Wildman–Crippen MR) is 54.5 cm³/mol. The van der Waals surface area contributed by atoms with E-state index >= 15 is 0 Å². The van der Waals surface area contributed by atoms with Gasteiger partial charge in [-0.3, -0.25) is 0 Å². The minimum atomic E-state index is -2.39. The van der Waals surface area contributed by atoms with Gasteiger partial charge in [0.15, 0.2) is 0 Å². The van der Waals surface area contributed by atoms with Gasteiger partial charge in [0, 0.05) is 18.2 Å². The molecule has 1 aliphatic carbocycles. The van der Waals surface area contributed by atoms with Crippen LogP contribution in [-0.2, 0) is 0 Å². The number of hydrogen-bond donors (Lipinski definition) is 0. The van der Waals surface area contributed by atoms with Gasteiger partial charge in [-0.05, 0) is 24.2 Å². The van der Waals surface area contributed by atoms with Crippen molar-refractivity contribution in [3.05, 3.63) is 0 Å². The molecule has 0 aromatic heterocycles. The summed E-state index contributed by atoms with van der Waals surface area (Å²) >= 11 is 3.45. The Morgan fingerprint density at radius 1 is 1.31 bits per heavy atom. The molecule has 0 N–H and O–H groups in total. The first kappa shape index (κ1) is 11.4. The maximum atomic E-state index is 12.9. The van der Waals surface area contributed by atoms with Gasteiger partial charge in [0.05, 0.1) is 0 Å². The minimum Gasteiger partial charge on any atom is -0.207 e. The van der Waals surface area contributed by atoms with Crippen LogP contribution in [0.2, 0.25) is 0 Å². The van der Waals surface area contributed by atoms with Gasteiger partial charge in [0.2, 0.25) is 5.92 Å². The van der Waals surface area contributed by atoms with Crippen molar-refractivity contribution < 1.29 is 8.78 Å². The summed E-state index contributed by atoms with van der Waals surface area (Å²) in [5.74, 6) is -1.94. The van der Waals surface area contributed by atoms with E-state index in [1.165, 1.54) is 0 Å². The first-order valence-corrected chi connectivity index (χ1v) is 5.93. The van der Waals surface area contributed by atoms with Crippen LogP contribution in [0.1, 0.15) is 39.5 Å². The van der Waals surface area contributed by atoms with E-state index in [1.54, 1.807) is 0 Å². The lowest BCUT2D eigenvalue weighted by Gasteiger charge is -2.38. The Kier molecular flexibility index (Phi) is 3.37. The van der Waals surface area contributed by atoms with E-state index in [4.69, 9.17) is 0 Å². The molecule has 1 saturated carbocycles. The fourth-order valence-electron chi connectivity index (χ4n) is 1.93. The lowest BCUT2D eigenvalue weighted by molar-refractivity contribution is -0.0577. The highest BCUT2D eigenvalue weighted by atomic mass is 79.9. The first-order chi connectivity index (χ1) is 5.87. The molecule has 0 unspecified atom stereocenters. The van der Waals surface area contributed by atoms with Crippen LogP contribution >= 0.6 is 15.9 Å². The van der Waals surface area contributed by atoms with Gasteiger partial charge in [0.1, 0.15) is 0 Å². The van der Waals surface area contributed by atoms with Crippen LogP contribution < -0.4 is 0 Å². The fourth-order valence-corrected chi connectivity index (χ4v) is 2.39. The molecule has 0 amide bonds. The Hall–Kier alpha value is 0.340. The Morgan fingerprint density at radius 2 is 1.77 bits per heavy atom. The molecular formula is C10H17BrF2. The lowest BCUT2D eigenvalue weighted by atomic mass is 9.71. The average molecular weight is 255 g/mol. The molecule has 13 heavy (non-hydrogen) atoms. The maximum Gasteiger partial charge on any atom is 0.248 e. The second kappa shape index (κ2) is 3.84. The van der Waals surface area contributed by atoms with Crippen LogP contribution in [-0.4, -0.2) is 11.3 Å². The van der Waals surface area contributed by atoms with Crippen molar-refractivity contribution in [1.29, 1.82) is 0 Å². The van der Waals surface area contributed by atoms with Gasteiger partial charge in [-0.25, -0.2) is 8.78 Å². The van der Waals surface area contributed by atoms with E-state index < -0.39 is 5.92 Å². The molecule has 1 fully saturated rings. The van der Waals surface area contributed by atoms with Crippen LogP contribution in [0.3, 0.4) is 0 Å². The van der Waals surface area contributed by atoms with Crippen molar-refractivity contribution in [3.63, 3.8) is 0 Å². The minimum absolute atomic E-state index is 0.0775. The average Bonchev–Trinajstić information content (AvgIpc) is 2.04. The van der Waals surface area contributed by atoms with E-state index in [0.29, 0.717) is 18.8 Å².